The van der Waals surface area contributed by atoms with Crippen LogP contribution >= 0.6 is 0 Å². The molecule has 1 aromatic rings. The molecule has 2 aliphatic rings. The molecule has 0 heterocycles. The number of anilines is 2. The van der Waals surface area contributed by atoms with Gasteiger partial charge in [0.25, 0.3) is 10.1 Å². The summed E-state index contributed by atoms with van der Waals surface area (Å²) in [4.78, 5) is 14.3. The largest absolute Gasteiger partial charge is 1.00 e. The SMILES string of the molecule is CC1(C)C2CCC1(CS(=O)(=O)O)C(=O)C2.CCN(CC)CC.Nc1cccc(N)c1.O=S(=O)(O)O.[CH2-]CCCCCCCCCCC.[Na+]. The van der Waals surface area contributed by atoms with Crippen LogP contribution in [-0.2, 0) is 25.3 Å². The van der Waals surface area contributed by atoms with Gasteiger partial charge in [-0.15, -0.1) is 0 Å². The second-order valence-electron chi connectivity index (χ2n) is 12.8. The Kier molecular flexibility index (Phi) is 29.0. The third-order valence-corrected chi connectivity index (χ3v) is 10.0. The van der Waals surface area contributed by atoms with Crippen molar-refractivity contribution in [3.8, 4) is 0 Å². The Morgan fingerprint density at radius 2 is 1.25 bits per heavy atom. The van der Waals surface area contributed by atoms with E-state index in [1.807, 2.05) is 19.9 Å². The van der Waals surface area contributed by atoms with Crippen molar-refractivity contribution in [1.29, 1.82) is 0 Å². The van der Waals surface area contributed by atoms with Crippen LogP contribution in [0.5, 0.6) is 0 Å². The van der Waals surface area contributed by atoms with E-state index in [0.29, 0.717) is 24.2 Å². The second kappa shape index (κ2) is 27.0. The van der Waals surface area contributed by atoms with Crippen LogP contribution in [0.4, 0.5) is 11.4 Å². The maximum Gasteiger partial charge on any atom is 1.00 e. The number of rotatable bonds is 14. The Balaban J connectivity index is -0.000000553. The van der Waals surface area contributed by atoms with Gasteiger partial charge in [-0.25, -0.2) is 0 Å². The number of benzene rings is 1. The Hall–Kier alpha value is -0.770. The first kappa shape index (κ1) is 51.6. The van der Waals surface area contributed by atoms with Crippen molar-refractivity contribution in [3.05, 3.63) is 31.2 Å². The molecular weight excluding hydrogens is 666 g/mol. The molecule has 0 radical (unpaired) electrons. The molecule has 11 nitrogen and oxygen atoms in total. The van der Waals surface area contributed by atoms with Gasteiger partial charge < -0.3 is 23.3 Å². The van der Waals surface area contributed by atoms with E-state index >= 15 is 0 Å². The third-order valence-electron chi connectivity index (χ3n) is 9.17. The molecule has 0 aliphatic heterocycles. The van der Waals surface area contributed by atoms with E-state index in [1.165, 1.54) is 77.4 Å². The van der Waals surface area contributed by atoms with Gasteiger partial charge in [0, 0.05) is 17.8 Å². The van der Waals surface area contributed by atoms with Crippen LogP contribution in [-0.4, -0.2) is 66.6 Å². The van der Waals surface area contributed by atoms with Crippen LogP contribution in [0.2, 0.25) is 0 Å². The van der Waals surface area contributed by atoms with Crippen LogP contribution in [0.3, 0.4) is 0 Å². The minimum absolute atomic E-state index is 0. The number of nitrogens with zero attached hydrogens (tertiary/aromatic N) is 1. The topological polar surface area (TPSA) is 201 Å². The van der Waals surface area contributed by atoms with Crippen molar-refractivity contribution in [1.82, 2.24) is 4.90 Å². The summed E-state index contributed by atoms with van der Waals surface area (Å²) in [7, 11) is -8.74. The van der Waals surface area contributed by atoms with Gasteiger partial charge >= 0.3 is 40.0 Å². The van der Waals surface area contributed by atoms with E-state index in [2.05, 4.69) is 39.5 Å². The number of fused-ring (bicyclic) bond motifs is 2. The first-order chi connectivity index (χ1) is 21.7. The number of nitrogens with two attached hydrogens (primary N) is 2. The molecule has 2 atom stereocenters. The predicted molar refractivity (Wildman–Crippen MR) is 195 cm³/mol. The van der Waals surface area contributed by atoms with Crippen LogP contribution in [0.25, 0.3) is 0 Å². The van der Waals surface area contributed by atoms with E-state index in [4.69, 9.17) is 33.5 Å². The normalized spacial score (nSPS) is 18.9. The molecule has 1 aromatic carbocycles. The molecule has 2 bridgehead atoms. The van der Waals surface area contributed by atoms with Crippen LogP contribution in [0.15, 0.2) is 24.3 Å². The molecular formula is C34H66N3NaO8S2. The van der Waals surface area contributed by atoms with E-state index < -0.39 is 31.7 Å². The first-order valence-electron chi connectivity index (χ1n) is 17.0. The fourth-order valence-electron chi connectivity index (χ4n) is 6.14. The number of hydrogen-bond acceptors (Lipinski definition) is 8. The summed E-state index contributed by atoms with van der Waals surface area (Å²) in [5.74, 6) is -0.101. The predicted octanol–water partition coefficient (Wildman–Crippen LogP) is 4.56. The number of unbranched alkanes of at least 4 members (excludes halogenated alkanes) is 9. The van der Waals surface area contributed by atoms with Gasteiger partial charge in [-0.2, -0.15) is 23.3 Å². The molecule has 2 unspecified atom stereocenters. The summed E-state index contributed by atoms with van der Waals surface area (Å²) in [5.41, 5.74) is 11.1. The summed E-state index contributed by atoms with van der Waals surface area (Å²) in [6.45, 7) is 20.1. The summed E-state index contributed by atoms with van der Waals surface area (Å²) >= 11 is 0. The molecule has 0 amide bonds. The molecule has 2 saturated carbocycles. The van der Waals surface area contributed by atoms with Gasteiger partial charge in [-0.05, 0) is 62.0 Å². The molecule has 7 N–H and O–H groups in total. The van der Waals surface area contributed by atoms with Crippen molar-refractivity contribution < 1.29 is 64.8 Å². The summed E-state index contributed by atoms with van der Waals surface area (Å²) < 4.78 is 62.6. The first-order valence-corrected chi connectivity index (χ1v) is 20.1. The molecule has 278 valence electrons. The summed E-state index contributed by atoms with van der Waals surface area (Å²) in [5, 5.41) is 0. The number of carbonyl (C=O) groups is 1. The maximum absolute atomic E-state index is 11.9. The number of nitrogen functional groups attached to an aromatic ring is 2. The molecule has 2 aliphatic carbocycles. The van der Waals surface area contributed by atoms with Crippen LogP contribution in [0.1, 0.15) is 125 Å². The van der Waals surface area contributed by atoms with Gasteiger partial charge in [0.15, 0.2) is 0 Å². The third kappa shape index (κ3) is 23.6. The van der Waals surface area contributed by atoms with E-state index in [-0.39, 0.29) is 46.7 Å². The quantitative estimate of drug-likeness (QED) is 0.0591. The zero-order chi connectivity index (χ0) is 36.7. The van der Waals surface area contributed by atoms with E-state index in [9.17, 15) is 13.2 Å². The van der Waals surface area contributed by atoms with Crippen LogP contribution in [0, 0.1) is 23.7 Å². The molecule has 0 aromatic heterocycles. The smallest absolute Gasteiger partial charge is 0.399 e. The molecule has 3 rings (SSSR count). The van der Waals surface area contributed by atoms with Gasteiger partial charge in [-0.1, -0.05) is 105 Å². The summed E-state index contributed by atoms with van der Waals surface area (Å²) in [6, 6.07) is 7.15. The van der Waals surface area contributed by atoms with E-state index in [1.54, 1.807) is 18.2 Å². The summed E-state index contributed by atoms with van der Waals surface area (Å²) in [6.07, 6.45) is 15.9. The Morgan fingerprint density at radius 3 is 1.50 bits per heavy atom. The fraction of sp³-hybridized carbons (Fsp3) is 0.765. The van der Waals surface area contributed by atoms with Crippen molar-refractivity contribution in [3.63, 3.8) is 0 Å². The van der Waals surface area contributed by atoms with Crippen molar-refractivity contribution in [2.75, 3.05) is 36.9 Å². The average molecular weight is 732 g/mol. The Morgan fingerprint density at radius 1 is 0.833 bits per heavy atom. The van der Waals surface area contributed by atoms with Crippen molar-refractivity contribution >= 4 is 37.7 Å². The number of Topliss-reactive ketones (excluding diaryl/α,β-unsaturated/α-hetero) is 1. The standard InChI is InChI=1S/C12H25.C10H16O4S.C6H8N2.C6H15N.Na.H2O4S/c1-3-5-7-9-11-12-10-8-6-4-2;1-9(2)7-3-4-10(9,8(11)5-7)6-15(12,13)14;7-5-2-1-3-6(8)4-5;1-4-7(5-2)6-3;;1-5(2,3)4/h1,3-12H2,2H3;7H,3-6H2,1-2H3,(H,12,13,14);1-4H,7-8H2;4-6H2,1-3H3;;(H2,1,2,3,4)/q-1;;;;+1;. The molecule has 0 spiro atoms. The fourth-order valence-corrected chi connectivity index (χ4v) is 7.44. The number of carbonyl (C=O) groups excluding carboxylic acids is 1. The Labute approximate surface area is 315 Å². The maximum atomic E-state index is 11.9. The van der Waals surface area contributed by atoms with Crippen molar-refractivity contribution in [2.24, 2.45) is 16.7 Å². The average Bonchev–Trinajstić information content (AvgIpc) is 3.29. The van der Waals surface area contributed by atoms with Gasteiger partial charge in [0.05, 0.1) is 11.2 Å². The van der Waals surface area contributed by atoms with Gasteiger partial charge in [-0.3, -0.25) is 18.5 Å². The van der Waals surface area contributed by atoms with Gasteiger partial charge in [0.2, 0.25) is 0 Å². The molecule has 48 heavy (non-hydrogen) atoms. The number of hydrogen-bond donors (Lipinski definition) is 5. The zero-order valence-electron chi connectivity index (χ0n) is 30.9. The number of ketones is 1. The Bertz CT molecular complexity index is 1160. The monoisotopic (exact) mass is 731 g/mol. The molecule has 0 saturated heterocycles. The van der Waals surface area contributed by atoms with E-state index in [0.717, 1.165) is 12.8 Å². The molecule has 2 fully saturated rings. The van der Waals surface area contributed by atoms with Gasteiger partial charge in [0.1, 0.15) is 5.78 Å². The minimum Gasteiger partial charge on any atom is -0.399 e. The molecule has 14 heteroatoms. The van der Waals surface area contributed by atoms with Crippen molar-refractivity contribution in [2.45, 2.75) is 125 Å². The minimum atomic E-state index is -4.67. The second-order valence-corrected chi connectivity index (χ2v) is 15.2. The van der Waals surface area contributed by atoms with Crippen LogP contribution < -0.4 is 41.0 Å². The zero-order valence-corrected chi connectivity index (χ0v) is 34.5.